The van der Waals surface area contributed by atoms with Gasteiger partial charge in [-0.2, -0.15) is 0 Å². The van der Waals surface area contributed by atoms with Gasteiger partial charge in [-0.3, -0.25) is 24.5 Å². The van der Waals surface area contributed by atoms with Crippen LogP contribution in [-0.2, 0) is 59.0 Å². The third kappa shape index (κ3) is 12.6. The first-order valence-electron chi connectivity index (χ1n) is 21.7. The van der Waals surface area contributed by atoms with Crippen molar-refractivity contribution in [2.45, 2.75) is 139 Å². The minimum atomic E-state index is -1.87. The average molecular weight is 982 g/mol. The number of epoxide rings is 1. The number of benzene rings is 1. The van der Waals surface area contributed by atoms with Crippen molar-refractivity contribution < 1.29 is 67.2 Å². The molecule has 0 radical (unpaired) electrons. The summed E-state index contributed by atoms with van der Waals surface area (Å²) in [5, 5.41) is 15.0. The molecule has 21 heteroatoms. The number of esters is 1. The van der Waals surface area contributed by atoms with Crippen LogP contribution in [0.4, 0.5) is 10.5 Å². The lowest BCUT2D eigenvalue weighted by Gasteiger charge is -2.42. The van der Waals surface area contributed by atoms with Crippen LogP contribution >= 0.6 is 33.2 Å². The van der Waals surface area contributed by atoms with Crippen molar-refractivity contribution in [1.29, 1.82) is 0 Å². The summed E-state index contributed by atoms with van der Waals surface area (Å²) in [6.07, 6.45) is 0.994. The molecule has 4 heterocycles. The molecule has 66 heavy (non-hydrogen) atoms. The van der Waals surface area contributed by atoms with Crippen LogP contribution in [0.15, 0.2) is 35.9 Å². The Morgan fingerprint density at radius 2 is 1.79 bits per heavy atom. The molecule has 0 aliphatic carbocycles. The van der Waals surface area contributed by atoms with E-state index in [0.717, 1.165) is 11.1 Å². The van der Waals surface area contributed by atoms with Gasteiger partial charge in [0.05, 0.1) is 31.7 Å². The third-order valence-corrected chi connectivity index (χ3v) is 16.1. The van der Waals surface area contributed by atoms with Crippen LogP contribution in [-0.4, -0.2) is 137 Å². The van der Waals surface area contributed by atoms with Gasteiger partial charge in [0, 0.05) is 63.3 Å². The van der Waals surface area contributed by atoms with E-state index in [1.165, 1.54) is 59.6 Å². The molecular formula is C45H61ClN4O14S2. The zero-order chi connectivity index (χ0) is 48.9. The number of hydrogen-bond acceptors (Lipinski definition) is 16. The average Bonchev–Trinajstić information content (AvgIpc) is 3.87. The van der Waals surface area contributed by atoms with E-state index in [2.05, 4.69) is 5.32 Å². The summed E-state index contributed by atoms with van der Waals surface area (Å²) >= 11 is 6.80. The number of imide groups is 1. The van der Waals surface area contributed by atoms with Crippen molar-refractivity contribution in [3.63, 3.8) is 0 Å². The number of nitrogens with zero attached hydrogens (tertiary/aromatic N) is 3. The Bertz CT molecular complexity index is 2110. The van der Waals surface area contributed by atoms with Crippen LogP contribution in [0, 0.1) is 5.92 Å². The van der Waals surface area contributed by atoms with Crippen molar-refractivity contribution in [3.05, 3.63) is 46.5 Å². The Hall–Kier alpha value is -4.34. The second-order valence-corrected chi connectivity index (χ2v) is 21.4. The van der Waals surface area contributed by atoms with Crippen LogP contribution in [0.5, 0.6) is 5.75 Å². The first-order chi connectivity index (χ1) is 30.9. The molecule has 5 rings (SSSR count). The summed E-state index contributed by atoms with van der Waals surface area (Å²) in [5.41, 5.74) is -1.11. The van der Waals surface area contributed by atoms with Gasteiger partial charge in [0.25, 0.3) is 11.8 Å². The Labute approximate surface area is 398 Å². The van der Waals surface area contributed by atoms with E-state index in [4.69, 9.17) is 40.1 Å². The van der Waals surface area contributed by atoms with Gasteiger partial charge < -0.3 is 43.4 Å². The fourth-order valence-corrected chi connectivity index (χ4v) is 10.8. The van der Waals surface area contributed by atoms with Crippen molar-refractivity contribution >= 4 is 80.5 Å². The van der Waals surface area contributed by atoms with Gasteiger partial charge in [-0.25, -0.2) is 14.4 Å². The van der Waals surface area contributed by atoms with Crippen molar-refractivity contribution in [1.82, 2.24) is 15.3 Å². The second kappa shape index (κ2) is 21.7. The first kappa shape index (κ1) is 52.6. The molecule has 1 aromatic rings. The molecule has 0 unspecified atom stereocenters. The minimum absolute atomic E-state index is 0.00912. The highest BCUT2D eigenvalue weighted by atomic mass is 35.5. The summed E-state index contributed by atoms with van der Waals surface area (Å²) in [6, 6.07) is 2.46. The molecule has 4 bridgehead atoms. The van der Waals surface area contributed by atoms with E-state index >= 15 is 0 Å². The smallest absolute Gasteiger partial charge is 0.409 e. The summed E-state index contributed by atoms with van der Waals surface area (Å²) < 4.78 is 29.0. The van der Waals surface area contributed by atoms with E-state index in [1.807, 2.05) is 26.8 Å². The maximum Gasteiger partial charge on any atom is 0.409 e. The fraction of sp³-hybridized carbons (Fsp3) is 0.622. The summed E-state index contributed by atoms with van der Waals surface area (Å²) in [4.78, 5) is 98.1. The number of aliphatic hydroxyl groups is 1. The molecule has 2 N–H and O–H groups in total. The fourth-order valence-electron chi connectivity index (χ4n) is 7.98. The number of ether oxygens (including phenoxy) is 5. The number of likely N-dealkylation sites (N-methyl/N-ethyl adjacent to an activating group) is 1. The summed E-state index contributed by atoms with van der Waals surface area (Å²) in [5.74, 6) is -3.29. The molecule has 3 fully saturated rings. The van der Waals surface area contributed by atoms with E-state index < -0.39 is 88.2 Å². The standard InChI is InChI=1S/C45H61ClN4O14S2/c1-25-12-11-13-32(60-10)45(58)24-31(61-42(57)47-45)26(2)40-44(6,63-40)33(23-37(54)49(8)29-21-28(20-25)22-30(59-9)39(29)46)62-41(56)27(3)48(7)34(51)16-18-43(4,5)66-65-19-17-38(55)64-50-35(52)14-15-36(50)53/h11-13,21-22,26-27,31-33,40,58H,14-20,23-24H2,1-10H3,(H,47,57)/b13-11+,25-12+/t26-,27-,31+,32-,33+,40+,44+,45+/m1/s1. The molecule has 8 atom stereocenters. The number of carbonyl (C=O) groups is 7. The van der Waals surface area contributed by atoms with Crippen molar-refractivity contribution in [3.8, 4) is 5.75 Å². The number of rotatable bonds is 14. The highest BCUT2D eigenvalue weighted by Gasteiger charge is 2.64. The summed E-state index contributed by atoms with van der Waals surface area (Å²) in [6.45, 7) is 10.8. The summed E-state index contributed by atoms with van der Waals surface area (Å²) in [7, 11) is 8.78. The maximum atomic E-state index is 14.3. The SMILES string of the molecule is COc1cc2cc(c1Cl)N(C)C(=O)C[C@H](OC(=O)[C@@H](C)N(C)C(=O)CCC(C)(C)SSCCC(=O)ON1C(=O)CCC1=O)[C@]1(C)O[C@H]1[C@H](C)[C@@H]1C[C@@](O)(NC(=O)O1)[C@H](OC)/C=C/C=C(\C)C2. The lowest BCUT2D eigenvalue weighted by Crippen LogP contribution is -2.63. The van der Waals surface area contributed by atoms with Gasteiger partial charge in [-0.15, -0.1) is 5.06 Å². The number of hydroxylamine groups is 2. The van der Waals surface area contributed by atoms with Crippen molar-refractivity contribution in [2.75, 3.05) is 39.0 Å². The number of hydrogen-bond donors (Lipinski definition) is 2. The molecule has 5 amide bonds. The zero-order valence-corrected chi connectivity index (χ0v) is 41.4. The Morgan fingerprint density at radius 3 is 2.44 bits per heavy atom. The van der Waals surface area contributed by atoms with Crippen LogP contribution in [0.25, 0.3) is 0 Å². The quantitative estimate of drug-likeness (QED) is 0.0778. The molecule has 4 aliphatic heterocycles. The number of alkyl carbamates (subject to hydrolysis) is 1. The van der Waals surface area contributed by atoms with Gasteiger partial charge in [-0.1, -0.05) is 63.9 Å². The number of anilines is 1. The van der Waals surface area contributed by atoms with Crippen LogP contribution in [0.3, 0.4) is 0 Å². The normalized spacial score (nSPS) is 28.8. The molecule has 0 saturated carbocycles. The highest BCUT2D eigenvalue weighted by molar-refractivity contribution is 8.77. The lowest BCUT2D eigenvalue weighted by molar-refractivity contribution is -0.197. The zero-order valence-electron chi connectivity index (χ0n) is 39.0. The topological polar surface area (TPSA) is 220 Å². The molecule has 1 aromatic carbocycles. The van der Waals surface area contributed by atoms with E-state index in [9.17, 15) is 38.7 Å². The number of carbonyl (C=O) groups excluding carboxylic acids is 7. The molecule has 4 aliphatic rings. The molecule has 0 spiro atoms. The number of methoxy groups -OCH3 is 2. The number of amides is 5. The molecule has 18 nitrogen and oxygen atoms in total. The predicted molar refractivity (Wildman–Crippen MR) is 246 cm³/mol. The first-order valence-corrected chi connectivity index (χ1v) is 24.3. The second-order valence-electron chi connectivity index (χ2n) is 17.9. The number of fused-ring (bicyclic) bond motifs is 5. The highest BCUT2D eigenvalue weighted by Crippen LogP contribution is 2.49. The van der Waals surface area contributed by atoms with Gasteiger partial charge in [0.2, 0.25) is 11.8 Å². The predicted octanol–water partition coefficient (Wildman–Crippen LogP) is 5.45. The van der Waals surface area contributed by atoms with E-state index in [0.29, 0.717) is 35.1 Å². The monoisotopic (exact) mass is 980 g/mol. The minimum Gasteiger partial charge on any atom is -0.495 e. The van der Waals surface area contributed by atoms with Crippen LogP contribution in [0.1, 0.15) is 92.1 Å². The molecule has 364 valence electrons. The largest absolute Gasteiger partial charge is 0.495 e. The Balaban J connectivity index is 1.31. The van der Waals surface area contributed by atoms with Crippen LogP contribution < -0.4 is 15.0 Å². The van der Waals surface area contributed by atoms with E-state index in [1.54, 1.807) is 45.2 Å². The molecule has 3 saturated heterocycles. The Morgan fingerprint density at radius 1 is 1.11 bits per heavy atom. The van der Waals surface area contributed by atoms with Gasteiger partial charge in [-0.05, 0) is 65.2 Å². The van der Waals surface area contributed by atoms with Crippen molar-refractivity contribution in [2.24, 2.45) is 5.92 Å². The molecule has 0 aromatic heterocycles. The number of nitrogens with one attached hydrogen (secondary N) is 1. The van der Waals surface area contributed by atoms with Gasteiger partial charge in [0.1, 0.15) is 40.7 Å². The van der Waals surface area contributed by atoms with Gasteiger partial charge >= 0.3 is 18.0 Å². The number of allylic oxidation sites excluding steroid dienone is 3. The Kier molecular flexibility index (Phi) is 17.3. The number of halogens is 1. The lowest BCUT2D eigenvalue weighted by atomic mass is 9.83. The van der Waals surface area contributed by atoms with Gasteiger partial charge in [0.15, 0.2) is 5.72 Å². The molecular weight excluding hydrogens is 920 g/mol. The maximum absolute atomic E-state index is 14.3. The van der Waals surface area contributed by atoms with E-state index in [-0.39, 0.29) is 49.5 Å². The van der Waals surface area contributed by atoms with Crippen LogP contribution in [0.2, 0.25) is 5.02 Å². The third-order valence-electron chi connectivity index (χ3n) is 12.3.